The Balaban J connectivity index is 0.00000306. The second-order valence-corrected chi connectivity index (χ2v) is 9.20. The van der Waals surface area contributed by atoms with Gasteiger partial charge in [0.2, 0.25) is 15.9 Å². The molecule has 0 spiro atoms. The van der Waals surface area contributed by atoms with Crippen LogP contribution in [0.1, 0.15) is 28.5 Å². The molecule has 0 radical (unpaired) electrons. The number of sulfonamides is 1. The van der Waals surface area contributed by atoms with Crippen molar-refractivity contribution >= 4 is 39.9 Å². The van der Waals surface area contributed by atoms with Crippen LogP contribution < -0.4 is 21.9 Å². The van der Waals surface area contributed by atoms with Gasteiger partial charge in [-0.1, -0.05) is 6.07 Å². The molecule has 33 heavy (non-hydrogen) atoms. The van der Waals surface area contributed by atoms with Crippen LogP contribution in [0, 0.1) is 0 Å². The van der Waals surface area contributed by atoms with Gasteiger partial charge in [0.1, 0.15) is 0 Å². The minimum Gasteiger partial charge on any atom is -0.364 e. The quantitative estimate of drug-likeness (QED) is 0.416. The summed E-state index contributed by atoms with van der Waals surface area (Å²) in [5.74, 6) is -0.989. The lowest BCUT2D eigenvalue weighted by molar-refractivity contribution is -0.117. The molecule has 2 amide bonds. The highest BCUT2D eigenvalue weighted by atomic mass is 35.5. The number of rotatable bonds is 5. The van der Waals surface area contributed by atoms with Gasteiger partial charge in [0.15, 0.2) is 5.69 Å². The van der Waals surface area contributed by atoms with E-state index in [0.717, 1.165) is 11.1 Å². The van der Waals surface area contributed by atoms with Gasteiger partial charge in [-0.15, -0.1) is 12.4 Å². The number of hydrogen-bond acceptors (Lipinski definition) is 6. The number of carbonyl (C=O) groups is 2. The topological polar surface area (TPSA) is 176 Å². The second kappa shape index (κ2) is 8.94. The van der Waals surface area contributed by atoms with Gasteiger partial charge in [0.05, 0.1) is 22.3 Å². The summed E-state index contributed by atoms with van der Waals surface area (Å²) in [6.07, 6.45) is 1.22. The van der Waals surface area contributed by atoms with Crippen molar-refractivity contribution in [2.75, 3.05) is 5.32 Å². The number of primary sulfonamides is 1. The molecular formula is C21H23ClN6O4S. The number of nitrogens with zero attached hydrogens (tertiary/aromatic N) is 2. The first-order chi connectivity index (χ1) is 15.1. The number of amides is 2. The minimum atomic E-state index is -3.85. The third-order valence-electron chi connectivity index (χ3n) is 5.32. The molecule has 1 aliphatic rings. The molecule has 1 heterocycles. The summed E-state index contributed by atoms with van der Waals surface area (Å²) in [5.41, 5.74) is 15.6. The summed E-state index contributed by atoms with van der Waals surface area (Å²) in [6.45, 7) is 1.59. The molecule has 3 aromatic rings. The van der Waals surface area contributed by atoms with Crippen LogP contribution in [0.15, 0.2) is 47.4 Å². The van der Waals surface area contributed by atoms with Crippen molar-refractivity contribution in [3.8, 4) is 16.9 Å². The number of fused-ring (bicyclic) bond motifs is 3. The molecule has 12 heteroatoms. The Labute approximate surface area is 196 Å². The SMILES string of the molecule is CC(N)C(=O)Nc1ccc2c(c1)-c1c(c(C(N)=O)nn1-c1ccc(S(N)(=O)=O)cc1)CC2.Cl. The average molecular weight is 491 g/mol. The highest BCUT2D eigenvalue weighted by molar-refractivity contribution is 7.89. The third kappa shape index (κ3) is 4.62. The summed E-state index contributed by atoms with van der Waals surface area (Å²) < 4.78 is 24.7. The summed E-state index contributed by atoms with van der Waals surface area (Å²) in [4.78, 5) is 24.1. The molecule has 10 nitrogen and oxygen atoms in total. The first kappa shape index (κ1) is 24.4. The predicted molar refractivity (Wildman–Crippen MR) is 126 cm³/mol. The summed E-state index contributed by atoms with van der Waals surface area (Å²) >= 11 is 0. The van der Waals surface area contributed by atoms with Crippen LogP contribution in [0.3, 0.4) is 0 Å². The molecule has 7 N–H and O–H groups in total. The zero-order valence-corrected chi connectivity index (χ0v) is 19.2. The molecule has 0 fully saturated rings. The molecule has 174 valence electrons. The van der Waals surface area contributed by atoms with Gasteiger partial charge < -0.3 is 16.8 Å². The number of nitrogens with two attached hydrogens (primary N) is 3. The molecule has 1 unspecified atom stereocenters. The Bertz CT molecular complexity index is 1350. The molecule has 0 saturated carbocycles. The van der Waals surface area contributed by atoms with Gasteiger partial charge in [-0.25, -0.2) is 18.2 Å². The van der Waals surface area contributed by atoms with Crippen molar-refractivity contribution < 1.29 is 18.0 Å². The zero-order chi connectivity index (χ0) is 23.2. The number of nitrogens with one attached hydrogen (secondary N) is 1. The Morgan fingerprint density at radius 1 is 1.12 bits per heavy atom. The van der Waals surface area contributed by atoms with Crippen molar-refractivity contribution in [3.05, 3.63) is 59.3 Å². The molecular weight excluding hydrogens is 468 g/mol. The van der Waals surface area contributed by atoms with Gasteiger partial charge in [-0.3, -0.25) is 9.59 Å². The van der Waals surface area contributed by atoms with Gasteiger partial charge in [0.25, 0.3) is 5.91 Å². The van der Waals surface area contributed by atoms with E-state index in [1.807, 2.05) is 6.07 Å². The van der Waals surface area contributed by atoms with Gasteiger partial charge in [-0.2, -0.15) is 5.10 Å². The van der Waals surface area contributed by atoms with E-state index in [1.54, 1.807) is 35.9 Å². The van der Waals surface area contributed by atoms with Crippen LogP contribution in [-0.2, 0) is 27.7 Å². The predicted octanol–water partition coefficient (Wildman–Crippen LogP) is 1.09. The lowest BCUT2D eigenvalue weighted by atomic mass is 9.88. The highest BCUT2D eigenvalue weighted by Crippen LogP contribution is 2.38. The van der Waals surface area contributed by atoms with Gasteiger partial charge in [0, 0.05) is 16.8 Å². The number of carbonyl (C=O) groups excluding carboxylic acids is 2. The Morgan fingerprint density at radius 3 is 2.36 bits per heavy atom. The lowest BCUT2D eigenvalue weighted by Crippen LogP contribution is -2.32. The first-order valence-corrected chi connectivity index (χ1v) is 11.4. The van der Waals surface area contributed by atoms with Crippen molar-refractivity contribution in [2.45, 2.75) is 30.7 Å². The van der Waals surface area contributed by atoms with Crippen molar-refractivity contribution in [2.24, 2.45) is 16.6 Å². The van der Waals surface area contributed by atoms with Crippen molar-refractivity contribution in [3.63, 3.8) is 0 Å². The molecule has 1 aromatic heterocycles. The average Bonchev–Trinajstić information content (AvgIpc) is 3.13. The maximum absolute atomic E-state index is 12.1. The van der Waals surface area contributed by atoms with E-state index in [2.05, 4.69) is 10.4 Å². The van der Waals surface area contributed by atoms with Crippen LogP contribution in [0.25, 0.3) is 16.9 Å². The Morgan fingerprint density at radius 2 is 1.79 bits per heavy atom. The standard InChI is InChI=1S/C21H22N6O4S.ClH/c1-11(22)21(29)25-13-4-2-12-3-9-16-18(20(23)28)26-27(19(16)17(12)10-13)14-5-7-15(8-6-14)32(24,30)31;/h2,4-8,10-11H,3,9,22H2,1H3,(H2,23,28)(H,25,29)(H2,24,30,31);1H. The van der Waals surface area contributed by atoms with E-state index in [-0.39, 0.29) is 28.9 Å². The van der Waals surface area contributed by atoms with Gasteiger partial charge >= 0.3 is 0 Å². The van der Waals surface area contributed by atoms with E-state index in [4.69, 9.17) is 16.6 Å². The number of anilines is 1. The fourth-order valence-electron chi connectivity index (χ4n) is 3.73. The first-order valence-electron chi connectivity index (χ1n) is 9.81. The minimum absolute atomic E-state index is 0. The second-order valence-electron chi connectivity index (χ2n) is 7.64. The zero-order valence-electron chi connectivity index (χ0n) is 17.6. The summed E-state index contributed by atoms with van der Waals surface area (Å²) in [7, 11) is -3.85. The Hall–Kier alpha value is -3.25. The maximum atomic E-state index is 12.1. The number of aromatic nitrogens is 2. The van der Waals surface area contributed by atoms with E-state index in [9.17, 15) is 18.0 Å². The molecule has 1 atom stereocenters. The molecule has 1 aliphatic carbocycles. The van der Waals surface area contributed by atoms with Crippen LogP contribution in [0.4, 0.5) is 5.69 Å². The highest BCUT2D eigenvalue weighted by Gasteiger charge is 2.28. The molecule has 0 saturated heterocycles. The normalized spacial score (nSPS) is 13.3. The van der Waals surface area contributed by atoms with E-state index in [1.165, 1.54) is 12.1 Å². The molecule has 0 bridgehead atoms. The lowest BCUT2D eigenvalue weighted by Gasteiger charge is -2.20. The van der Waals surface area contributed by atoms with Crippen LogP contribution in [0.2, 0.25) is 0 Å². The van der Waals surface area contributed by atoms with Crippen LogP contribution in [-0.4, -0.2) is 36.1 Å². The van der Waals surface area contributed by atoms with E-state index >= 15 is 0 Å². The number of hydrogen-bond donors (Lipinski definition) is 4. The number of aryl methyl sites for hydroxylation is 1. The smallest absolute Gasteiger partial charge is 0.269 e. The van der Waals surface area contributed by atoms with Crippen molar-refractivity contribution in [1.82, 2.24) is 9.78 Å². The third-order valence-corrected chi connectivity index (χ3v) is 6.25. The van der Waals surface area contributed by atoms with Crippen molar-refractivity contribution in [1.29, 1.82) is 0 Å². The summed E-state index contributed by atoms with van der Waals surface area (Å²) in [6, 6.07) is 10.7. The van der Waals surface area contributed by atoms with Crippen LogP contribution >= 0.6 is 12.4 Å². The fraction of sp³-hybridized carbons (Fsp3) is 0.190. The Kier molecular flexibility index (Phi) is 6.61. The molecule has 4 rings (SSSR count). The number of primary amides is 1. The summed E-state index contributed by atoms with van der Waals surface area (Å²) in [5, 5.41) is 12.4. The number of benzene rings is 2. The number of halogens is 1. The molecule has 0 aliphatic heterocycles. The monoisotopic (exact) mass is 490 g/mol. The van der Waals surface area contributed by atoms with E-state index in [0.29, 0.717) is 35.5 Å². The molecule has 2 aromatic carbocycles. The largest absolute Gasteiger partial charge is 0.364 e. The van der Waals surface area contributed by atoms with Crippen LogP contribution in [0.5, 0.6) is 0 Å². The van der Waals surface area contributed by atoms with E-state index < -0.39 is 22.0 Å². The van der Waals surface area contributed by atoms with Gasteiger partial charge in [-0.05, 0) is 61.7 Å². The maximum Gasteiger partial charge on any atom is 0.269 e. The fourth-order valence-corrected chi connectivity index (χ4v) is 4.25.